The van der Waals surface area contributed by atoms with Crippen molar-refractivity contribution < 1.29 is 28.1 Å². The fraction of sp³-hybridized carbons (Fsp3) is 0.483. The van der Waals surface area contributed by atoms with Crippen LogP contribution in [-0.2, 0) is 14.6 Å². The molecular formula is C29H37N2O5S+. The van der Waals surface area contributed by atoms with Gasteiger partial charge in [0.2, 0.25) is 6.21 Å². The normalized spacial score (nSPS) is 17.4. The van der Waals surface area contributed by atoms with E-state index < -0.39 is 11.7 Å². The molecule has 0 unspecified atom stereocenters. The highest BCUT2D eigenvalue weighted by atomic mass is 32.1. The summed E-state index contributed by atoms with van der Waals surface area (Å²) < 4.78 is 18.2. The molecule has 0 atom stereocenters. The number of fused-ring (bicyclic) bond motifs is 1. The molecule has 1 N–H and O–H groups in total. The van der Waals surface area contributed by atoms with Gasteiger partial charge in [-0.2, -0.15) is 4.28 Å². The van der Waals surface area contributed by atoms with Gasteiger partial charge in [0.25, 0.3) is 5.69 Å². The standard InChI is InChI=1S/C29H36N2O5S/c1-20(32)24-18-22(21-10-6-4-7-11-21)12-15-27(24)31(36-37)16-8-5-9-17-34-23-13-14-26-25(19-23)29(2,3)35-28(33)30-26/h12-16,18-19,21H,4-11,17H2,1-3H3,(H-,30,33,37)/p+1. The first-order valence-corrected chi connectivity index (χ1v) is 13.5. The topological polar surface area (TPSA) is 76.9 Å². The van der Waals surface area contributed by atoms with Gasteiger partial charge in [-0.05, 0) is 82.2 Å². The Morgan fingerprint density at radius 1 is 1.16 bits per heavy atom. The maximum absolute atomic E-state index is 12.5. The summed E-state index contributed by atoms with van der Waals surface area (Å²) in [5.74, 6) is 1.28. The van der Waals surface area contributed by atoms with Crippen LogP contribution in [0.3, 0.4) is 0 Å². The van der Waals surface area contributed by atoms with Crippen LogP contribution in [0.1, 0.15) is 99.5 Å². The third-order valence-corrected chi connectivity index (χ3v) is 7.36. The highest BCUT2D eigenvalue weighted by Gasteiger charge is 2.33. The lowest BCUT2D eigenvalue weighted by atomic mass is 9.83. The predicted molar refractivity (Wildman–Crippen MR) is 147 cm³/mol. The Bertz CT molecular complexity index is 1170. The minimum Gasteiger partial charge on any atom is -0.494 e. The Hall–Kier alpha value is -3.00. The second-order valence-corrected chi connectivity index (χ2v) is 10.5. The zero-order valence-electron chi connectivity index (χ0n) is 21.9. The monoisotopic (exact) mass is 525 g/mol. The quantitative estimate of drug-likeness (QED) is 0.0640. The highest BCUT2D eigenvalue weighted by molar-refractivity contribution is 7.74. The van der Waals surface area contributed by atoms with Gasteiger partial charge in [-0.25, -0.2) is 4.79 Å². The number of nitrogens with zero attached hydrogens (tertiary/aromatic N) is 1. The Labute approximate surface area is 224 Å². The molecule has 1 heterocycles. The van der Waals surface area contributed by atoms with Gasteiger partial charge in [-0.15, -0.1) is 0 Å². The third kappa shape index (κ3) is 6.66. The van der Waals surface area contributed by atoms with E-state index >= 15 is 0 Å². The smallest absolute Gasteiger partial charge is 0.412 e. The van der Waals surface area contributed by atoms with Gasteiger partial charge in [0.15, 0.2) is 5.78 Å². The van der Waals surface area contributed by atoms with Crippen molar-refractivity contribution in [1.82, 2.24) is 0 Å². The van der Waals surface area contributed by atoms with E-state index in [0.717, 1.165) is 36.3 Å². The second-order valence-electron chi connectivity index (χ2n) is 10.3. The number of rotatable bonds is 10. The van der Waals surface area contributed by atoms with Crippen LogP contribution in [0, 0.1) is 0 Å². The minimum absolute atomic E-state index is 0.0167. The molecule has 8 heteroatoms. The van der Waals surface area contributed by atoms with Gasteiger partial charge in [0.05, 0.1) is 17.9 Å². The number of hydrogen-bond donors (Lipinski definition) is 2. The number of Topliss-reactive ketones (excluding diaryl/α,β-unsaturated/α-hetero) is 1. The molecule has 0 saturated heterocycles. The van der Waals surface area contributed by atoms with Crippen LogP contribution in [0.4, 0.5) is 16.2 Å². The van der Waals surface area contributed by atoms with Gasteiger partial charge in [-0.1, -0.05) is 25.3 Å². The van der Waals surface area contributed by atoms with E-state index in [4.69, 9.17) is 13.8 Å². The molecule has 1 fully saturated rings. The molecule has 1 aliphatic carbocycles. The van der Waals surface area contributed by atoms with Gasteiger partial charge in [0.1, 0.15) is 24.3 Å². The van der Waals surface area contributed by atoms with E-state index in [-0.39, 0.29) is 5.78 Å². The fourth-order valence-corrected chi connectivity index (χ4v) is 5.34. The van der Waals surface area contributed by atoms with Crippen molar-refractivity contribution >= 4 is 42.4 Å². The van der Waals surface area contributed by atoms with E-state index in [9.17, 15) is 9.59 Å². The van der Waals surface area contributed by atoms with Crippen molar-refractivity contribution in [3.63, 3.8) is 0 Å². The van der Waals surface area contributed by atoms with Gasteiger partial charge >= 0.3 is 6.09 Å². The number of nitrogens with one attached hydrogen (secondary N) is 1. The molecule has 0 bridgehead atoms. The fourth-order valence-electron chi connectivity index (χ4n) is 5.18. The maximum Gasteiger partial charge on any atom is 0.412 e. The summed E-state index contributed by atoms with van der Waals surface area (Å²) in [4.78, 5) is 24.1. The Kier molecular flexibility index (Phi) is 8.79. The van der Waals surface area contributed by atoms with Crippen molar-refractivity contribution in [3.8, 4) is 5.75 Å². The summed E-state index contributed by atoms with van der Waals surface area (Å²) in [5.41, 5.74) is 3.53. The van der Waals surface area contributed by atoms with Crippen LogP contribution in [0.2, 0.25) is 0 Å². The van der Waals surface area contributed by atoms with Gasteiger partial charge < -0.3 is 9.47 Å². The number of unbranched alkanes of at least 4 members (excludes halogenated alkanes) is 2. The first kappa shape index (κ1) is 27.0. The predicted octanol–water partition coefficient (Wildman–Crippen LogP) is 7.47. The summed E-state index contributed by atoms with van der Waals surface area (Å²) in [5, 5.41) is 2.72. The lowest BCUT2D eigenvalue weighted by Gasteiger charge is -2.32. The second kappa shape index (κ2) is 12.0. The van der Waals surface area contributed by atoms with E-state index in [1.54, 1.807) is 11.7 Å². The summed E-state index contributed by atoms with van der Waals surface area (Å²) in [6.07, 6.45) is 10.1. The number of anilines is 1. The van der Waals surface area contributed by atoms with Crippen molar-refractivity contribution in [2.45, 2.75) is 83.7 Å². The van der Waals surface area contributed by atoms with E-state index in [1.807, 2.05) is 50.4 Å². The van der Waals surface area contributed by atoms with Crippen molar-refractivity contribution in [1.29, 1.82) is 0 Å². The molecular weight excluding hydrogens is 488 g/mol. The molecule has 0 spiro atoms. The first-order valence-electron chi connectivity index (χ1n) is 13.1. The number of carbonyl (C=O) groups is 2. The number of amides is 1. The van der Waals surface area contributed by atoms with Crippen molar-refractivity contribution in [3.05, 3.63) is 53.1 Å². The Balaban J connectivity index is 1.33. The van der Waals surface area contributed by atoms with Crippen molar-refractivity contribution in [2.24, 2.45) is 0 Å². The zero-order valence-corrected chi connectivity index (χ0v) is 22.8. The number of ketones is 1. The largest absolute Gasteiger partial charge is 0.494 e. The van der Waals surface area contributed by atoms with Crippen molar-refractivity contribution in [2.75, 3.05) is 11.9 Å². The molecule has 0 radical (unpaired) electrons. The van der Waals surface area contributed by atoms with Crippen LogP contribution >= 0.6 is 12.9 Å². The number of thiol groups is 1. The molecule has 1 aliphatic heterocycles. The van der Waals surface area contributed by atoms with Crippen LogP contribution in [0.15, 0.2) is 36.4 Å². The Morgan fingerprint density at radius 3 is 2.68 bits per heavy atom. The molecule has 2 aromatic rings. The molecule has 198 valence electrons. The summed E-state index contributed by atoms with van der Waals surface area (Å²) in [7, 11) is 0. The lowest BCUT2D eigenvalue weighted by molar-refractivity contribution is -0.672. The van der Waals surface area contributed by atoms with Crippen LogP contribution in [-0.4, -0.2) is 29.4 Å². The highest BCUT2D eigenvalue weighted by Crippen LogP contribution is 2.38. The van der Waals surface area contributed by atoms with Crippen LogP contribution < -0.4 is 10.1 Å². The average molecular weight is 526 g/mol. The lowest BCUT2D eigenvalue weighted by Crippen LogP contribution is -2.34. The van der Waals surface area contributed by atoms with Gasteiger partial charge in [0, 0.05) is 22.8 Å². The molecule has 2 aliphatic rings. The third-order valence-electron chi connectivity index (χ3n) is 7.19. The molecule has 7 nitrogen and oxygen atoms in total. The molecule has 1 saturated carbocycles. The molecule has 37 heavy (non-hydrogen) atoms. The molecule has 0 aromatic heterocycles. The van der Waals surface area contributed by atoms with E-state index in [2.05, 4.69) is 24.3 Å². The molecule has 1 amide bonds. The average Bonchev–Trinajstić information content (AvgIpc) is 2.88. The summed E-state index contributed by atoms with van der Waals surface area (Å²) in [6, 6.07) is 11.7. The van der Waals surface area contributed by atoms with E-state index in [1.165, 1.54) is 37.7 Å². The van der Waals surface area contributed by atoms with Gasteiger partial charge in [-0.3, -0.25) is 10.1 Å². The zero-order chi connectivity index (χ0) is 26.4. The Morgan fingerprint density at radius 2 is 1.95 bits per heavy atom. The SMILES string of the molecule is CC(=O)c1cc(C2CCCCC2)ccc1[N+](=CCCCCOc1ccc2c(c1)C(C)(C)OC(=O)N2)OS. The number of benzene rings is 2. The molecule has 2 aromatic carbocycles. The van der Waals surface area contributed by atoms with E-state index in [0.29, 0.717) is 23.8 Å². The van der Waals surface area contributed by atoms with Crippen LogP contribution in [0.5, 0.6) is 5.75 Å². The number of hydrogen-bond acceptors (Lipinski definition) is 6. The number of carbonyl (C=O) groups excluding carboxylic acids is 2. The minimum atomic E-state index is -0.713. The number of ether oxygens (including phenoxy) is 2. The summed E-state index contributed by atoms with van der Waals surface area (Å²) in [6.45, 7) is 5.87. The maximum atomic E-state index is 12.5. The number of cyclic esters (lactones) is 1. The molecule has 4 rings (SSSR count). The van der Waals surface area contributed by atoms with Crippen LogP contribution in [0.25, 0.3) is 0 Å². The first-order chi connectivity index (χ1) is 17.8. The summed E-state index contributed by atoms with van der Waals surface area (Å²) >= 11 is 4.04.